The Bertz CT molecular complexity index is 586. The molecule has 0 saturated carbocycles. The maximum atomic E-state index is 2.51. The van der Waals surface area contributed by atoms with Crippen LogP contribution in [0.15, 0.2) is 42.7 Å². The summed E-state index contributed by atoms with van der Waals surface area (Å²) in [5.41, 5.74) is 1.39. The highest BCUT2D eigenvalue weighted by Crippen LogP contribution is 2.11. The summed E-state index contributed by atoms with van der Waals surface area (Å²) in [5.74, 6) is 1.50. The zero-order chi connectivity index (χ0) is 18.5. The first kappa shape index (κ1) is 20.7. The van der Waals surface area contributed by atoms with Gasteiger partial charge in [0.2, 0.25) is 0 Å². The number of rotatable bonds is 14. The average molecular weight is 356 g/mol. The Hall–Kier alpha value is -1.57. The van der Waals surface area contributed by atoms with Crippen LogP contribution in [0.2, 0.25) is 0 Å². The predicted octanol–water partition coefficient (Wildman–Crippen LogP) is 6.31. The summed E-state index contributed by atoms with van der Waals surface area (Å²) in [6, 6.07) is 10.8. The second-order valence-corrected chi connectivity index (χ2v) is 7.60. The molecule has 0 aliphatic heterocycles. The molecule has 2 heteroatoms. The topological polar surface area (TPSA) is 8.81 Å². The van der Waals surface area contributed by atoms with Gasteiger partial charge in [-0.25, -0.2) is 9.13 Å². The van der Waals surface area contributed by atoms with E-state index in [2.05, 4.69) is 65.7 Å². The predicted molar refractivity (Wildman–Crippen MR) is 111 cm³/mol. The van der Waals surface area contributed by atoms with Crippen molar-refractivity contribution in [3.63, 3.8) is 0 Å². The summed E-state index contributed by atoms with van der Waals surface area (Å²) in [6.07, 6.45) is 19.4. The lowest BCUT2D eigenvalue weighted by Gasteiger charge is -2.06. The molecule has 1 aromatic carbocycles. The zero-order valence-corrected chi connectivity index (χ0v) is 17.1. The molecule has 0 fully saturated rings. The van der Waals surface area contributed by atoms with Gasteiger partial charge in [0, 0.05) is 6.42 Å². The van der Waals surface area contributed by atoms with E-state index in [0.717, 1.165) is 6.54 Å². The van der Waals surface area contributed by atoms with Crippen LogP contribution in [0.3, 0.4) is 0 Å². The quantitative estimate of drug-likeness (QED) is 0.277. The van der Waals surface area contributed by atoms with Crippen molar-refractivity contribution in [3.05, 3.63) is 54.1 Å². The third kappa shape index (κ3) is 7.35. The Morgan fingerprint density at radius 2 is 1.42 bits per heavy atom. The molecule has 0 aliphatic carbocycles. The van der Waals surface area contributed by atoms with Gasteiger partial charge in [0.1, 0.15) is 18.9 Å². The largest absolute Gasteiger partial charge is 0.256 e. The summed E-state index contributed by atoms with van der Waals surface area (Å²) in [4.78, 5) is 0. The van der Waals surface area contributed by atoms with E-state index >= 15 is 0 Å². The molecular formula is C24H39N2+. The molecule has 0 saturated heterocycles. The Kier molecular flexibility index (Phi) is 10.2. The maximum absolute atomic E-state index is 2.51. The SMILES string of the molecule is CCCCCCCCCCn1cc[n+](Cc2ccccc2)c1CCCC. The van der Waals surface area contributed by atoms with Gasteiger partial charge in [-0.1, -0.05) is 89.1 Å². The van der Waals surface area contributed by atoms with Crippen molar-refractivity contribution in [1.82, 2.24) is 4.57 Å². The number of hydrogen-bond donors (Lipinski definition) is 0. The van der Waals surface area contributed by atoms with E-state index in [-0.39, 0.29) is 0 Å². The van der Waals surface area contributed by atoms with Crippen molar-refractivity contribution in [2.45, 2.75) is 97.6 Å². The zero-order valence-electron chi connectivity index (χ0n) is 17.1. The molecule has 0 bridgehead atoms. The van der Waals surface area contributed by atoms with Crippen LogP contribution in [0.25, 0.3) is 0 Å². The van der Waals surface area contributed by atoms with Gasteiger partial charge in [-0.3, -0.25) is 0 Å². The molecule has 0 spiro atoms. The normalized spacial score (nSPS) is 11.2. The molecule has 0 N–H and O–H groups in total. The minimum atomic E-state index is 0.990. The van der Waals surface area contributed by atoms with E-state index in [1.54, 1.807) is 0 Å². The lowest BCUT2D eigenvalue weighted by atomic mass is 10.1. The third-order valence-electron chi connectivity index (χ3n) is 5.29. The molecule has 0 radical (unpaired) electrons. The van der Waals surface area contributed by atoms with Gasteiger partial charge in [-0.15, -0.1) is 0 Å². The number of unbranched alkanes of at least 4 members (excludes halogenated alkanes) is 8. The van der Waals surface area contributed by atoms with Crippen LogP contribution in [0, 0.1) is 0 Å². The number of benzene rings is 1. The van der Waals surface area contributed by atoms with E-state index in [1.807, 2.05) is 0 Å². The standard InChI is InChI=1S/C24H39N2/c1-3-5-7-8-9-10-11-15-19-25-20-21-26(24(25)18-6-4-2)22-23-16-13-12-14-17-23/h12-14,16-17,20-21H,3-11,15,18-19,22H2,1-2H3/q+1. The molecule has 144 valence electrons. The summed E-state index contributed by atoms with van der Waals surface area (Å²) < 4.78 is 4.96. The van der Waals surface area contributed by atoms with Crippen molar-refractivity contribution in [2.24, 2.45) is 0 Å². The fourth-order valence-corrected chi connectivity index (χ4v) is 3.66. The van der Waals surface area contributed by atoms with Gasteiger partial charge in [0.15, 0.2) is 0 Å². The molecule has 0 amide bonds. The van der Waals surface area contributed by atoms with E-state index in [1.165, 1.54) is 88.6 Å². The molecule has 0 atom stereocenters. The second-order valence-electron chi connectivity index (χ2n) is 7.60. The monoisotopic (exact) mass is 355 g/mol. The van der Waals surface area contributed by atoms with Crippen molar-refractivity contribution < 1.29 is 4.57 Å². The van der Waals surface area contributed by atoms with Gasteiger partial charge in [-0.2, -0.15) is 0 Å². The van der Waals surface area contributed by atoms with Crippen molar-refractivity contribution in [2.75, 3.05) is 0 Å². The average Bonchev–Trinajstić information content (AvgIpc) is 3.04. The Morgan fingerprint density at radius 3 is 2.12 bits per heavy atom. The van der Waals surface area contributed by atoms with Gasteiger partial charge >= 0.3 is 0 Å². The number of aryl methyl sites for hydroxylation is 1. The molecule has 2 aromatic rings. The maximum Gasteiger partial charge on any atom is 0.256 e. The number of hydrogen-bond acceptors (Lipinski definition) is 0. The highest BCUT2D eigenvalue weighted by Gasteiger charge is 2.16. The highest BCUT2D eigenvalue weighted by atomic mass is 15.1. The van der Waals surface area contributed by atoms with Crippen molar-refractivity contribution in [1.29, 1.82) is 0 Å². The van der Waals surface area contributed by atoms with Gasteiger partial charge < -0.3 is 0 Å². The van der Waals surface area contributed by atoms with Crippen LogP contribution in [-0.4, -0.2) is 4.57 Å². The highest BCUT2D eigenvalue weighted by molar-refractivity contribution is 5.13. The first-order valence-electron chi connectivity index (χ1n) is 11.0. The fraction of sp³-hybridized carbons (Fsp3) is 0.625. The summed E-state index contributed by atoms with van der Waals surface area (Å²) >= 11 is 0. The van der Waals surface area contributed by atoms with Gasteiger partial charge in [0.25, 0.3) is 5.82 Å². The number of aromatic nitrogens is 2. The molecule has 1 aromatic heterocycles. The summed E-state index contributed by atoms with van der Waals surface area (Å²) in [6.45, 7) is 6.74. The minimum absolute atomic E-state index is 0.990. The molecule has 0 unspecified atom stereocenters. The minimum Gasteiger partial charge on any atom is -0.234 e. The van der Waals surface area contributed by atoms with Gasteiger partial charge in [0.05, 0.1) is 6.54 Å². The van der Waals surface area contributed by atoms with E-state index in [4.69, 9.17) is 0 Å². The molecular weight excluding hydrogens is 316 g/mol. The molecule has 0 aliphatic rings. The van der Waals surface area contributed by atoms with E-state index < -0.39 is 0 Å². The number of nitrogens with zero attached hydrogens (tertiary/aromatic N) is 2. The third-order valence-corrected chi connectivity index (χ3v) is 5.29. The smallest absolute Gasteiger partial charge is 0.234 e. The molecule has 2 rings (SSSR count). The van der Waals surface area contributed by atoms with Gasteiger partial charge in [-0.05, 0) is 24.8 Å². The summed E-state index contributed by atoms with van der Waals surface area (Å²) in [7, 11) is 0. The Labute approximate surface area is 161 Å². The molecule has 26 heavy (non-hydrogen) atoms. The van der Waals surface area contributed by atoms with Crippen molar-refractivity contribution in [3.8, 4) is 0 Å². The van der Waals surface area contributed by atoms with Crippen molar-refractivity contribution >= 4 is 0 Å². The van der Waals surface area contributed by atoms with E-state index in [0.29, 0.717) is 0 Å². The molecule has 2 nitrogen and oxygen atoms in total. The van der Waals surface area contributed by atoms with Crippen LogP contribution >= 0.6 is 0 Å². The summed E-state index contributed by atoms with van der Waals surface area (Å²) in [5, 5.41) is 0. The first-order chi connectivity index (χ1) is 12.8. The Balaban J connectivity index is 1.83. The fourth-order valence-electron chi connectivity index (χ4n) is 3.66. The van der Waals surface area contributed by atoms with Crippen LogP contribution in [0.1, 0.15) is 89.4 Å². The lowest BCUT2D eigenvalue weighted by Crippen LogP contribution is -2.37. The first-order valence-corrected chi connectivity index (χ1v) is 11.0. The second kappa shape index (κ2) is 12.7. The van der Waals surface area contributed by atoms with Crippen LogP contribution < -0.4 is 4.57 Å². The van der Waals surface area contributed by atoms with Crippen LogP contribution in [0.4, 0.5) is 0 Å². The Morgan fingerprint density at radius 1 is 0.769 bits per heavy atom. The van der Waals surface area contributed by atoms with E-state index in [9.17, 15) is 0 Å². The molecule has 1 heterocycles. The number of imidazole rings is 1. The van der Waals surface area contributed by atoms with Crippen LogP contribution in [-0.2, 0) is 19.5 Å². The van der Waals surface area contributed by atoms with Crippen LogP contribution in [0.5, 0.6) is 0 Å². The lowest BCUT2D eigenvalue weighted by molar-refractivity contribution is -0.695.